The molecular weight excluding hydrogens is 313 g/mol. The van der Waals surface area contributed by atoms with Crippen molar-refractivity contribution in [3.8, 4) is 5.75 Å². The Kier molecular flexibility index (Phi) is 3.43. The molecule has 0 aliphatic heterocycles. The third-order valence-electron chi connectivity index (χ3n) is 2.67. The van der Waals surface area contributed by atoms with Gasteiger partial charge in [-0.3, -0.25) is 0 Å². The van der Waals surface area contributed by atoms with Gasteiger partial charge in [0.25, 0.3) is 0 Å². The van der Waals surface area contributed by atoms with Crippen molar-refractivity contribution in [3.05, 3.63) is 27.3 Å². The highest BCUT2D eigenvalue weighted by molar-refractivity contribution is 14.1. The molecular formula is C11H11F2IO. The van der Waals surface area contributed by atoms with Crippen molar-refractivity contribution >= 4 is 22.6 Å². The monoisotopic (exact) mass is 324 g/mol. The molecule has 0 aromatic heterocycles. The molecule has 1 fully saturated rings. The van der Waals surface area contributed by atoms with E-state index in [0.717, 1.165) is 12.8 Å². The van der Waals surface area contributed by atoms with Gasteiger partial charge < -0.3 is 4.74 Å². The fourth-order valence-corrected chi connectivity index (χ4v) is 1.80. The zero-order valence-corrected chi connectivity index (χ0v) is 10.3. The summed E-state index contributed by atoms with van der Waals surface area (Å²) in [5.41, 5.74) is 0. The second-order valence-corrected chi connectivity index (χ2v) is 4.89. The average molecular weight is 324 g/mol. The molecule has 0 atom stereocenters. The summed E-state index contributed by atoms with van der Waals surface area (Å²) in [5.74, 6) is -0.258. The van der Waals surface area contributed by atoms with E-state index in [1.165, 1.54) is 18.6 Å². The molecule has 1 nitrogen and oxygen atoms in total. The number of rotatable bonds is 3. The van der Waals surface area contributed by atoms with Gasteiger partial charge in [0.2, 0.25) is 0 Å². The lowest BCUT2D eigenvalue weighted by atomic mass is 9.86. The van der Waals surface area contributed by atoms with E-state index in [-0.39, 0.29) is 9.32 Å². The van der Waals surface area contributed by atoms with Crippen molar-refractivity contribution in [3.63, 3.8) is 0 Å². The van der Waals surface area contributed by atoms with Gasteiger partial charge in [-0.25, -0.2) is 8.78 Å². The lowest BCUT2D eigenvalue weighted by Crippen LogP contribution is -2.19. The molecule has 0 radical (unpaired) electrons. The molecule has 1 aliphatic rings. The molecule has 0 N–H and O–H groups in total. The van der Waals surface area contributed by atoms with Crippen LogP contribution in [0.2, 0.25) is 0 Å². The SMILES string of the molecule is Fc1cc(OCC2CCC2)cc(F)c1I. The fraction of sp³-hybridized carbons (Fsp3) is 0.455. The van der Waals surface area contributed by atoms with Crippen LogP contribution in [0.4, 0.5) is 8.78 Å². The second-order valence-electron chi connectivity index (χ2n) is 3.81. The molecule has 0 heterocycles. The van der Waals surface area contributed by atoms with E-state index in [0.29, 0.717) is 12.5 Å². The maximum absolute atomic E-state index is 13.1. The van der Waals surface area contributed by atoms with E-state index in [2.05, 4.69) is 0 Å². The van der Waals surface area contributed by atoms with E-state index in [9.17, 15) is 8.78 Å². The topological polar surface area (TPSA) is 9.23 Å². The summed E-state index contributed by atoms with van der Waals surface area (Å²) < 4.78 is 31.6. The van der Waals surface area contributed by atoms with Crippen LogP contribution in [-0.4, -0.2) is 6.61 Å². The summed E-state index contributed by atoms with van der Waals surface area (Å²) in [4.78, 5) is 0. The number of hydrogen-bond donors (Lipinski definition) is 0. The molecule has 2 rings (SSSR count). The third kappa shape index (κ3) is 2.59. The van der Waals surface area contributed by atoms with Gasteiger partial charge in [0.15, 0.2) is 0 Å². The minimum Gasteiger partial charge on any atom is -0.493 e. The molecule has 1 aliphatic carbocycles. The summed E-state index contributed by atoms with van der Waals surface area (Å²) in [6.07, 6.45) is 3.56. The van der Waals surface area contributed by atoms with E-state index < -0.39 is 11.6 Å². The Morgan fingerprint density at radius 3 is 2.33 bits per heavy atom. The Morgan fingerprint density at radius 1 is 1.27 bits per heavy atom. The number of ether oxygens (including phenoxy) is 1. The first kappa shape index (κ1) is 11.1. The standard InChI is InChI=1S/C11H11F2IO/c12-9-4-8(5-10(13)11(9)14)15-6-7-2-1-3-7/h4-5,7H,1-3,6H2. The lowest BCUT2D eigenvalue weighted by Gasteiger charge is -2.25. The van der Waals surface area contributed by atoms with Crippen LogP contribution >= 0.6 is 22.6 Å². The highest BCUT2D eigenvalue weighted by Crippen LogP contribution is 2.28. The highest BCUT2D eigenvalue weighted by atomic mass is 127. The van der Waals surface area contributed by atoms with Crippen LogP contribution < -0.4 is 4.74 Å². The van der Waals surface area contributed by atoms with Crippen molar-refractivity contribution in [1.82, 2.24) is 0 Å². The second kappa shape index (κ2) is 4.63. The van der Waals surface area contributed by atoms with Gasteiger partial charge in [-0.15, -0.1) is 0 Å². The fourth-order valence-electron chi connectivity index (χ4n) is 1.49. The van der Waals surface area contributed by atoms with Crippen LogP contribution in [0.15, 0.2) is 12.1 Å². The Balaban J connectivity index is 2.01. The molecule has 0 amide bonds. The van der Waals surface area contributed by atoms with Gasteiger partial charge in [0.05, 0.1) is 10.2 Å². The number of halogens is 3. The van der Waals surface area contributed by atoms with Gasteiger partial charge in [-0.1, -0.05) is 6.42 Å². The van der Waals surface area contributed by atoms with Gasteiger partial charge in [-0.2, -0.15) is 0 Å². The predicted molar refractivity (Wildman–Crippen MR) is 61.9 cm³/mol. The van der Waals surface area contributed by atoms with Crippen molar-refractivity contribution in [2.45, 2.75) is 19.3 Å². The highest BCUT2D eigenvalue weighted by Gasteiger charge is 2.18. The molecule has 1 saturated carbocycles. The van der Waals surface area contributed by atoms with E-state index in [4.69, 9.17) is 4.74 Å². The van der Waals surface area contributed by atoms with Crippen LogP contribution in [0.5, 0.6) is 5.75 Å². The minimum atomic E-state index is -0.556. The molecule has 1 aromatic rings. The lowest BCUT2D eigenvalue weighted by molar-refractivity contribution is 0.179. The molecule has 82 valence electrons. The van der Waals surface area contributed by atoms with Crippen molar-refractivity contribution in [2.75, 3.05) is 6.61 Å². The van der Waals surface area contributed by atoms with Crippen LogP contribution in [0, 0.1) is 21.1 Å². The maximum Gasteiger partial charge on any atom is 0.143 e. The Bertz CT molecular complexity index is 341. The number of hydrogen-bond acceptors (Lipinski definition) is 1. The summed E-state index contributed by atoms with van der Waals surface area (Å²) in [6, 6.07) is 2.48. The summed E-state index contributed by atoms with van der Waals surface area (Å²) in [6.45, 7) is 0.569. The van der Waals surface area contributed by atoms with E-state index >= 15 is 0 Å². The zero-order chi connectivity index (χ0) is 10.8. The van der Waals surface area contributed by atoms with Crippen molar-refractivity contribution in [2.24, 2.45) is 5.92 Å². The first-order chi connectivity index (χ1) is 7.16. The first-order valence-electron chi connectivity index (χ1n) is 4.94. The molecule has 15 heavy (non-hydrogen) atoms. The van der Waals surface area contributed by atoms with Crippen LogP contribution in [0.3, 0.4) is 0 Å². The van der Waals surface area contributed by atoms with Gasteiger partial charge in [0.1, 0.15) is 17.4 Å². The normalized spacial score (nSPS) is 16.2. The van der Waals surface area contributed by atoms with Crippen molar-refractivity contribution < 1.29 is 13.5 Å². The maximum atomic E-state index is 13.1. The molecule has 0 bridgehead atoms. The molecule has 1 aromatic carbocycles. The quantitative estimate of drug-likeness (QED) is 0.608. The zero-order valence-electron chi connectivity index (χ0n) is 8.10. The third-order valence-corrected chi connectivity index (χ3v) is 3.70. The predicted octanol–water partition coefficient (Wildman–Crippen LogP) is 3.75. The van der Waals surface area contributed by atoms with Gasteiger partial charge in [0, 0.05) is 12.1 Å². The molecule has 0 spiro atoms. The van der Waals surface area contributed by atoms with Crippen LogP contribution in [-0.2, 0) is 0 Å². The molecule has 4 heteroatoms. The Labute approximate surface area is 101 Å². The van der Waals surface area contributed by atoms with E-state index in [1.54, 1.807) is 22.6 Å². The molecule has 0 saturated heterocycles. The Morgan fingerprint density at radius 2 is 1.87 bits per heavy atom. The van der Waals surface area contributed by atoms with Crippen molar-refractivity contribution in [1.29, 1.82) is 0 Å². The first-order valence-corrected chi connectivity index (χ1v) is 6.02. The molecule has 0 unspecified atom stereocenters. The summed E-state index contributed by atoms with van der Waals surface area (Å²) in [5, 5.41) is 0. The Hall–Kier alpha value is -0.390. The summed E-state index contributed by atoms with van der Waals surface area (Å²) in [7, 11) is 0. The minimum absolute atomic E-state index is 0.0172. The smallest absolute Gasteiger partial charge is 0.143 e. The number of benzene rings is 1. The average Bonchev–Trinajstić information content (AvgIpc) is 2.11. The van der Waals surface area contributed by atoms with Crippen LogP contribution in [0.1, 0.15) is 19.3 Å². The van der Waals surface area contributed by atoms with Crippen LogP contribution in [0.25, 0.3) is 0 Å². The van der Waals surface area contributed by atoms with Gasteiger partial charge in [-0.05, 0) is 41.4 Å². The van der Waals surface area contributed by atoms with Gasteiger partial charge >= 0.3 is 0 Å². The summed E-state index contributed by atoms with van der Waals surface area (Å²) >= 11 is 1.64. The largest absolute Gasteiger partial charge is 0.493 e. The van der Waals surface area contributed by atoms with E-state index in [1.807, 2.05) is 0 Å².